The minimum absolute atomic E-state index is 0.108. The first-order valence-corrected chi connectivity index (χ1v) is 11.2. The first-order valence-electron chi connectivity index (χ1n) is 8.52. The van der Waals surface area contributed by atoms with Gasteiger partial charge in [0, 0.05) is 18.3 Å². The van der Waals surface area contributed by atoms with Gasteiger partial charge in [0.15, 0.2) is 11.1 Å². The molecule has 1 aromatic rings. The lowest BCUT2D eigenvalue weighted by Gasteiger charge is -2.35. The molecule has 0 aliphatic carbocycles. The monoisotopic (exact) mass is 389 g/mol. The van der Waals surface area contributed by atoms with Crippen molar-refractivity contribution >= 4 is 21.1 Å². The molecule has 6 nitrogen and oxygen atoms in total. The van der Waals surface area contributed by atoms with Gasteiger partial charge < -0.3 is 9.29 Å². The lowest BCUT2D eigenvalue weighted by Crippen LogP contribution is -2.44. The first kappa shape index (κ1) is 20.4. The molecule has 2 unspecified atom stereocenters. The van der Waals surface area contributed by atoms with E-state index >= 15 is 0 Å². The molecule has 1 aromatic carbocycles. The fourth-order valence-electron chi connectivity index (χ4n) is 3.57. The molecule has 0 radical (unpaired) electrons. The molecule has 142 valence electrons. The van der Waals surface area contributed by atoms with E-state index in [9.17, 15) is 12.6 Å². The van der Waals surface area contributed by atoms with Crippen LogP contribution < -0.4 is 4.74 Å². The minimum Gasteiger partial charge on any atom is -0.497 e. The Bertz CT molecular complexity index is 710. The van der Waals surface area contributed by atoms with E-state index in [0.717, 1.165) is 19.3 Å². The molecule has 0 aromatic heterocycles. The summed E-state index contributed by atoms with van der Waals surface area (Å²) in [6.45, 7) is 4.08. The smallest absolute Gasteiger partial charge is 0.243 e. The highest BCUT2D eigenvalue weighted by Crippen LogP contribution is 2.32. The Morgan fingerprint density at radius 1 is 1.28 bits per heavy atom. The number of hydrogen-bond donors (Lipinski definition) is 1. The first-order chi connectivity index (χ1) is 11.8. The van der Waals surface area contributed by atoms with Crippen molar-refractivity contribution in [3.63, 3.8) is 0 Å². The van der Waals surface area contributed by atoms with Crippen LogP contribution in [-0.2, 0) is 21.1 Å². The van der Waals surface area contributed by atoms with E-state index in [0.29, 0.717) is 41.2 Å². The Morgan fingerprint density at radius 2 is 1.92 bits per heavy atom. The van der Waals surface area contributed by atoms with Crippen molar-refractivity contribution in [2.45, 2.75) is 56.9 Å². The fourth-order valence-corrected chi connectivity index (χ4v) is 6.13. The van der Waals surface area contributed by atoms with Gasteiger partial charge in [-0.1, -0.05) is 6.42 Å². The molecule has 2 rings (SSSR count). The highest BCUT2D eigenvalue weighted by molar-refractivity contribution is 7.89. The van der Waals surface area contributed by atoms with Crippen LogP contribution in [0.5, 0.6) is 5.75 Å². The van der Waals surface area contributed by atoms with E-state index in [4.69, 9.17) is 9.29 Å². The van der Waals surface area contributed by atoms with Gasteiger partial charge in [0.05, 0.1) is 12.0 Å². The summed E-state index contributed by atoms with van der Waals surface area (Å²) in [6.07, 6.45) is 3.78. The summed E-state index contributed by atoms with van der Waals surface area (Å²) in [5.74, 6) is 0.833. The number of benzene rings is 1. The van der Waals surface area contributed by atoms with Crippen LogP contribution in [0.25, 0.3) is 0 Å². The van der Waals surface area contributed by atoms with Crippen molar-refractivity contribution in [2.24, 2.45) is 0 Å². The van der Waals surface area contributed by atoms with E-state index in [1.54, 1.807) is 37.4 Å². The molecule has 0 amide bonds. The summed E-state index contributed by atoms with van der Waals surface area (Å²) >= 11 is -1.83. The average Bonchev–Trinajstić information content (AvgIpc) is 2.53. The normalized spacial score (nSPS) is 20.4. The Morgan fingerprint density at radius 3 is 2.48 bits per heavy atom. The van der Waals surface area contributed by atoms with Crippen LogP contribution in [0.15, 0.2) is 17.0 Å². The summed E-state index contributed by atoms with van der Waals surface area (Å²) in [5.41, 5.74) is 1.36. The molecule has 0 spiro atoms. The molecule has 1 saturated heterocycles. The van der Waals surface area contributed by atoms with Crippen molar-refractivity contribution < 1.29 is 21.9 Å². The largest absolute Gasteiger partial charge is 0.497 e. The third-order valence-electron chi connectivity index (χ3n) is 4.67. The van der Waals surface area contributed by atoms with Crippen LogP contribution >= 0.6 is 0 Å². The average molecular weight is 390 g/mol. The van der Waals surface area contributed by atoms with Gasteiger partial charge in [0.1, 0.15) is 5.75 Å². The zero-order chi connectivity index (χ0) is 18.6. The summed E-state index contributed by atoms with van der Waals surface area (Å²) < 4.78 is 53.2. The molecule has 0 saturated carbocycles. The second kappa shape index (κ2) is 8.62. The molecule has 1 N–H and O–H groups in total. The van der Waals surface area contributed by atoms with Gasteiger partial charge in [-0.2, -0.15) is 4.31 Å². The lowest BCUT2D eigenvalue weighted by molar-refractivity contribution is 0.239. The number of piperidine rings is 1. The van der Waals surface area contributed by atoms with Gasteiger partial charge in [0.2, 0.25) is 10.0 Å². The number of nitrogens with zero attached hydrogens (tertiary/aromatic N) is 1. The number of methoxy groups -OCH3 is 1. The van der Waals surface area contributed by atoms with Crippen molar-refractivity contribution in [1.82, 2.24) is 4.31 Å². The number of hydrogen-bond acceptors (Lipinski definition) is 4. The van der Waals surface area contributed by atoms with E-state index < -0.39 is 21.1 Å². The maximum Gasteiger partial charge on any atom is 0.243 e. The molecule has 0 bridgehead atoms. The van der Waals surface area contributed by atoms with Gasteiger partial charge in [0.25, 0.3) is 0 Å². The molecular formula is C17H27NO5S2. The van der Waals surface area contributed by atoms with Gasteiger partial charge in [-0.3, -0.25) is 0 Å². The molecule has 8 heteroatoms. The molecule has 1 aliphatic rings. The number of aryl methyl sites for hydroxylation is 2. The van der Waals surface area contributed by atoms with E-state index in [1.165, 1.54) is 0 Å². The SMILES string of the molecule is COc1cc(C)c(S(=O)(=O)N2CCCCC2CCCS(=O)O)c(C)c1. The second-order valence-electron chi connectivity index (χ2n) is 6.52. The Balaban J connectivity index is 2.31. The summed E-state index contributed by atoms with van der Waals surface area (Å²) in [7, 11) is -2.05. The molecule has 1 heterocycles. The number of sulfonamides is 1. The fraction of sp³-hybridized carbons (Fsp3) is 0.647. The van der Waals surface area contributed by atoms with Crippen molar-refractivity contribution in [3.05, 3.63) is 23.3 Å². The van der Waals surface area contributed by atoms with Crippen molar-refractivity contribution in [3.8, 4) is 5.75 Å². The van der Waals surface area contributed by atoms with Gasteiger partial charge in [-0.25, -0.2) is 12.6 Å². The molecular weight excluding hydrogens is 362 g/mol. The quantitative estimate of drug-likeness (QED) is 0.725. The van der Waals surface area contributed by atoms with E-state index in [-0.39, 0.29) is 11.8 Å². The third-order valence-corrected chi connectivity index (χ3v) is 7.56. The zero-order valence-electron chi connectivity index (χ0n) is 15.0. The van der Waals surface area contributed by atoms with E-state index in [1.807, 2.05) is 0 Å². The van der Waals surface area contributed by atoms with Gasteiger partial charge >= 0.3 is 0 Å². The summed E-state index contributed by atoms with van der Waals surface area (Å²) in [6, 6.07) is 3.38. The lowest BCUT2D eigenvalue weighted by atomic mass is 10.0. The second-order valence-corrected chi connectivity index (χ2v) is 9.40. The van der Waals surface area contributed by atoms with Crippen molar-refractivity contribution in [1.29, 1.82) is 0 Å². The maximum atomic E-state index is 13.3. The number of ether oxygens (including phenoxy) is 1. The highest BCUT2D eigenvalue weighted by Gasteiger charge is 2.35. The highest BCUT2D eigenvalue weighted by atomic mass is 32.2. The van der Waals surface area contributed by atoms with Crippen LogP contribution in [0.2, 0.25) is 0 Å². The van der Waals surface area contributed by atoms with E-state index in [2.05, 4.69) is 0 Å². The molecule has 1 fully saturated rings. The van der Waals surface area contributed by atoms with Gasteiger partial charge in [-0.15, -0.1) is 0 Å². The van der Waals surface area contributed by atoms with Crippen LogP contribution in [0.3, 0.4) is 0 Å². The zero-order valence-corrected chi connectivity index (χ0v) is 16.7. The van der Waals surface area contributed by atoms with Crippen LogP contribution in [0, 0.1) is 13.8 Å². The Kier molecular flexibility index (Phi) is 7.01. The molecule has 2 atom stereocenters. The standard InChI is InChI=1S/C17H27NO5S2/c1-13-11-16(23-3)12-14(2)17(13)25(21,22)18-9-5-4-7-15(18)8-6-10-24(19)20/h11-12,15H,4-10H2,1-3H3,(H,19,20). The van der Waals surface area contributed by atoms with Gasteiger partial charge in [-0.05, 0) is 62.8 Å². The summed E-state index contributed by atoms with van der Waals surface area (Å²) in [4.78, 5) is 0.353. The number of rotatable bonds is 7. The summed E-state index contributed by atoms with van der Waals surface area (Å²) in [5, 5.41) is 0. The molecule has 1 aliphatic heterocycles. The predicted molar refractivity (Wildman–Crippen MR) is 98.9 cm³/mol. The Hall–Kier alpha value is -0.960. The maximum absolute atomic E-state index is 13.3. The van der Waals surface area contributed by atoms with Crippen molar-refractivity contribution in [2.75, 3.05) is 19.4 Å². The van der Waals surface area contributed by atoms with Crippen LogP contribution in [-0.4, -0.2) is 46.9 Å². The Labute approximate surface area is 152 Å². The minimum atomic E-state index is -3.61. The molecule has 25 heavy (non-hydrogen) atoms. The third kappa shape index (κ3) is 4.81. The topological polar surface area (TPSA) is 83.9 Å². The predicted octanol–water partition coefficient (Wildman–Crippen LogP) is 2.86. The van der Waals surface area contributed by atoms with Crippen LogP contribution in [0.1, 0.15) is 43.2 Å². The van der Waals surface area contributed by atoms with Crippen LogP contribution in [0.4, 0.5) is 0 Å².